The zero-order chi connectivity index (χ0) is 11.8. The third kappa shape index (κ3) is 2.23. The average Bonchev–Trinajstić information content (AvgIpc) is 2.56. The summed E-state index contributed by atoms with van der Waals surface area (Å²) in [6, 6.07) is -1.09. The third-order valence-electron chi connectivity index (χ3n) is 2.81. The number of ether oxygens (including phenoxy) is 1. The molecule has 0 saturated carbocycles. The molecule has 0 bridgehead atoms. The van der Waals surface area contributed by atoms with Crippen molar-refractivity contribution in [2.75, 3.05) is 32.1 Å². The molecule has 2 rings (SSSR count). The minimum atomic E-state index is -3.40. The summed E-state index contributed by atoms with van der Waals surface area (Å²) in [6.45, 7) is 2.20. The topological polar surface area (TPSA) is 91.0 Å². The molecule has 8 heteroatoms. The van der Waals surface area contributed by atoms with Crippen LogP contribution in [0, 0.1) is 10.1 Å². The van der Waals surface area contributed by atoms with Gasteiger partial charge in [-0.1, -0.05) is 0 Å². The molecular weight excluding hydrogens is 236 g/mol. The van der Waals surface area contributed by atoms with E-state index >= 15 is 0 Å². The molecule has 0 amide bonds. The van der Waals surface area contributed by atoms with Crippen LogP contribution in [0.5, 0.6) is 0 Å². The van der Waals surface area contributed by atoms with Crippen LogP contribution in [0.15, 0.2) is 11.1 Å². The first-order valence-electron chi connectivity index (χ1n) is 5.00. The predicted octanol–water partition coefficient (Wildman–Crippen LogP) is -2.18. The minimum absolute atomic E-state index is 0.383. The minimum Gasteiger partial charge on any atom is -0.370 e. The average molecular weight is 249 g/mol. The van der Waals surface area contributed by atoms with E-state index in [2.05, 4.69) is 0 Å². The Morgan fingerprint density at radius 3 is 2.62 bits per heavy atom. The number of quaternary nitrogens is 1. The van der Waals surface area contributed by atoms with Crippen molar-refractivity contribution in [3.63, 3.8) is 0 Å². The van der Waals surface area contributed by atoms with Gasteiger partial charge in [0.1, 0.15) is 18.8 Å². The first-order chi connectivity index (χ1) is 7.49. The summed E-state index contributed by atoms with van der Waals surface area (Å²) >= 11 is 0. The van der Waals surface area contributed by atoms with E-state index in [0.29, 0.717) is 32.0 Å². The van der Waals surface area contributed by atoms with Crippen molar-refractivity contribution in [3.8, 4) is 0 Å². The molecule has 0 unspecified atom stereocenters. The van der Waals surface area contributed by atoms with Crippen LogP contribution in [-0.4, -0.2) is 51.4 Å². The van der Waals surface area contributed by atoms with Gasteiger partial charge in [-0.25, -0.2) is 8.42 Å². The number of nitrogens with zero attached hydrogens (tertiary/aromatic N) is 1. The van der Waals surface area contributed by atoms with E-state index in [1.165, 1.54) is 0 Å². The Morgan fingerprint density at radius 2 is 2.06 bits per heavy atom. The lowest BCUT2D eigenvalue weighted by Crippen LogP contribution is -3.13. The summed E-state index contributed by atoms with van der Waals surface area (Å²) in [5.74, 6) is -0.403. The van der Waals surface area contributed by atoms with Crippen molar-refractivity contribution in [3.05, 3.63) is 21.2 Å². The molecule has 7 nitrogen and oxygen atoms in total. The van der Waals surface area contributed by atoms with Gasteiger partial charge in [0.15, 0.2) is 15.5 Å². The Kier molecular flexibility index (Phi) is 2.96. The van der Waals surface area contributed by atoms with Gasteiger partial charge in [0.25, 0.3) is 6.04 Å². The number of rotatable bonds is 2. The SMILES string of the molecule is O=[N+]([O-])[C@H]1CS(=O)(=O)C=C1[NH+]1CCOCC1. The molecule has 0 radical (unpaired) electrons. The molecule has 2 heterocycles. The van der Waals surface area contributed by atoms with Gasteiger partial charge in [-0.05, 0) is 0 Å². The van der Waals surface area contributed by atoms with E-state index in [-0.39, 0.29) is 0 Å². The lowest BCUT2D eigenvalue weighted by Gasteiger charge is -2.24. The number of nitro groups is 1. The Hall–Kier alpha value is -0.990. The monoisotopic (exact) mass is 249 g/mol. The molecule has 90 valence electrons. The smallest absolute Gasteiger partial charge is 0.299 e. The third-order valence-corrected chi connectivity index (χ3v) is 4.21. The van der Waals surface area contributed by atoms with E-state index in [4.69, 9.17) is 4.74 Å². The maximum absolute atomic E-state index is 11.4. The molecule has 0 aromatic heterocycles. The fourth-order valence-corrected chi connectivity index (χ4v) is 3.58. The lowest BCUT2D eigenvalue weighted by atomic mass is 10.2. The van der Waals surface area contributed by atoms with Crippen LogP contribution in [0.2, 0.25) is 0 Å². The van der Waals surface area contributed by atoms with Crippen LogP contribution in [0.4, 0.5) is 0 Å². The quantitative estimate of drug-likeness (QED) is 0.443. The maximum atomic E-state index is 11.4. The number of morpholine rings is 1. The van der Waals surface area contributed by atoms with Crippen LogP contribution in [0.1, 0.15) is 0 Å². The summed E-state index contributed by atoms with van der Waals surface area (Å²) < 4.78 is 27.9. The second kappa shape index (κ2) is 4.11. The zero-order valence-corrected chi connectivity index (χ0v) is 9.40. The van der Waals surface area contributed by atoms with Crippen molar-refractivity contribution >= 4 is 9.84 Å². The molecule has 0 aliphatic carbocycles. The molecule has 0 aromatic rings. The Labute approximate surface area is 92.7 Å². The number of hydrogen-bond donors (Lipinski definition) is 1. The molecule has 2 aliphatic rings. The van der Waals surface area contributed by atoms with Crippen molar-refractivity contribution in [1.29, 1.82) is 0 Å². The van der Waals surface area contributed by atoms with Gasteiger partial charge in [0, 0.05) is 4.92 Å². The Bertz CT molecular complexity index is 424. The van der Waals surface area contributed by atoms with Gasteiger partial charge < -0.3 is 4.74 Å². The molecule has 0 aromatic carbocycles. The summed E-state index contributed by atoms with van der Waals surface area (Å²) in [6.07, 6.45) is 0. The van der Waals surface area contributed by atoms with E-state index in [1.54, 1.807) is 0 Å². The number of sulfone groups is 1. The molecule has 1 saturated heterocycles. The highest BCUT2D eigenvalue weighted by molar-refractivity contribution is 7.94. The molecule has 1 fully saturated rings. The molecule has 0 spiro atoms. The second-order valence-electron chi connectivity index (χ2n) is 3.92. The second-order valence-corrected chi connectivity index (χ2v) is 5.81. The van der Waals surface area contributed by atoms with Crippen molar-refractivity contribution in [1.82, 2.24) is 0 Å². The maximum Gasteiger partial charge on any atom is 0.299 e. The van der Waals surface area contributed by atoms with Gasteiger partial charge in [0.05, 0.1) is 18.6 Å². The van der Waals surface area contributed by atoms with Crippen molar-refractivity contribution in [2.45, 2.75) is 6.04 Å². The standard InChI is InChI=1S/C8H12N2O5S/c11-10(12)8-6-16(13,14)5-7(8)9-1-3-15-4-2-9/h5,8H,1-4,6H2/p+1/t8-/m0/s1. The highest BCUT2D eigenvalue weighted by Gasteiger charge is 2.45. The van der Waals surface area contributed by atoms with Crippen LogP contribution in [-0.2, 0) is 14.6 Å². The van der Waals surface area contributed by atoms with Gasteiger partial charge in [0.2, 0.25) is 0 Å². The zero-order valence-electron chi connectivity index (χ0n) is 8.59. The summed E-state index contributed by atoms with van der Waals surface area (Å²) in [5.41, 5.74) is 0.383. The summed E-state index contributed by atoms with van der Waals surface area (Å²) in [4.78, 5) is 11.1. The van der Waals surface area contributed by atoms with Crippen molar-refractivity contribution < 1.29 is 23.0 Å². The normalized spacial score (nSPS) is 30.0. The van der Waals surface area contributed by atoms with Crippen LogP contribution in [0.3, 0.4) is 0 Å². The highest BCUT2D eigenvalue weighted by Crippen LogP contribution is 2.15. The fraction of sp³-hybridized carbons (Fsp3) is 0.750. The van der Waals surface area contributed by atoms with Gasteiger partial charge in [-0.3, -0.25) is 15.0 Å². The van der Waals surface area contributed by atoms with E-state index in [1.807, 2.05) is 0 Å². The first kappa shape index (κ1) is 11.5. The van der Waals surface area contributed by atoms with Gasteiger partial charge in [-0.2, -0.15) is 0 Å². The van der Waals surface area contributed by atoms with Crippen LogP contribution in [0.25, 0.3) is 0 Å². The van der Waals surface area contributed by atoms with E-state index < -0.39 is 26.6 Å². The number of hydrogen-bond acceptors (Lipinski definition) is 5. The molecule has 16 heavy (non-hydrogen) atoms. The van der Waals surface area contributed by atoms with Gasteiger partial charge in [-0.15, -0.1) is 0 Å². The molecule has 2 aliphatic heterocycles. The molecular formula is C8H13N2O5S+. The van der Waals surface area contributed by atoms with E-state index in [0.717, 1.165) is 10.3 Å². The first-order valence-corrected chi connectivity index (χ1v) is 6.72. The van der Waals surface area contributed by atoms with E-state index in [9.17, 15) is 18.5 Å². The van der Waals surface area contributed by atoms with Crippen molar-refractivity contribution in [2.24, 2.45) is 0 Å². The fourth-order valence-electron chi connectivity index (χ4n) is 2.03. The predicted molar refractivity (Wildman–Crippen MR) is 54.2 cm³/mol. The molecule has 1 N–H and O–H groups in total. The lowest BCUT2D eigenvalue weighted by molar-refractivity contribution is -0.878. The Morgan fingerprint density at radius 1 is 1.44 bits per heavy atom. The van der Waals surface area contributed by atoms with Crippen LogP contribution < -0.4 is 4.90 Å². The summed E-state index contributed by atoms with van der Waals surface area (Å²) in [7, 11) is -3.40. The highest BCUT2D eigenvalue weighted by atomic mass is 32.2. The Balaban J connectivity index is 2.25. The van der Waals surface area contributed by atoms with Gasteiger partial charge >= 0.3 is 0 Å². The number of nitrogens with one attached hydrogen (secondary N) is 1. The molecule has 1 atom stereocenters. The van der Waals surface area contributed by atoms with Crippen LogP contribution >= 0.6 is 0 Å². The largest absolute Gasteiger partial charge is 0.370 e. The summed E-state index contributed by atoms with van der Waals surface area (Å²) in [5, 5.41) is 11.9.